The lowest BCUT2D eigenvalue weighted by Gasteiger charge is -2.26. The summed E-state index contributed by atoms with van der Waals surface area (Å²) in [7, 11) is 1.65. The van der Waals surface area contributed by atoms with Crippen molar-refractivity contribution in [1.82, 2.24) is 5.32 Å². The van der Waals surface area contributed by atoms with Crippen molar-refractivity contribution < 1.29 is 9.53 Å². The van der Waals surface area contributed by atoms with Gasteiger partial charge in [0.05, 0.1) is 19.6 Å². The minimum Gasteiger partial charge on any atom is -0.497 e. The number of fused-ring (bicyclic) bond motifs is 1. The lowest BCUT2D eigenvalue weighted by Crippen LogP contribution is -2.38. The van der Waals surface area contributed by atoms with Gasteiger partial charge in [-0.1, -0.05) is 36.4 Å². The van der Waals surface area contributed by atoms with Crippen molar-refractivity contribution in [3.63, 3.8) is 0 Å². The molecular weight excluding hydrogens is 368 g/mol. The maximum atomic E-state index is 13.1. The monoisotopic (exact) mass is 392 g/mol. The average molecular weight is 393 g/mol. The van der Waals surface area contributed by atoms with Crippen LogP contribution in [0.2, 0.25) is 0 Å². The summed E-state index contributed by atoms with van der Waals surface area (Å²) in [5.74, 6) is 0.687. The Labute approximate surface area is 169 Å². The topological polar surface area (TPSA) is 41.6 Å². The predicted octanol–water partition coefficient (Wildman–Crippen LogP) is 4.57. The molecule has 144 valence electrons. The maximum absolute atomic E-state index is 13.1. The van der Waals surface area contributed by atoms with E-state index in [2.05, 4.69) is 46.8 Å². The molecule has 0 saturated carbocycles. The first kappa shape index (κ1) is 18.6. The van der Waals surface area contributed by atoms with E-state index in [0.717, 1.165) is 29.1 Å². The molecule has 2 aromatic carbocycles. The number of amides is 1. The summed E-state index contributed by atoms with van der Waals surface area (Å²) >= 11 is 1.75. The summed E-state index contributed by atoms with van der Waals surface area (Å²) in [6.45, 7) is 3.46. The molecule has 3 aromatic rings. The van der Waals surface area contributed by atoms with Gasteiger partial charge in [0, 0.05) is 23.2 Å². The van der Waals surface area contributed by atoms with Gasteiger partial charge in [-0.25, -0.2) is 0 Å². The van der Waals surface area contributed by atoms with Gasteiger partial charge in [0.25, 0.3) is 0 Å². The summed E-state index contributed by atoms with van der Waals surface area (Å²) in [6, 6.07) is 20.4. The van der Waals surface area contributed by atoms with Crippen LogP contribution >= 0.6 is 11.3 Å². The first-order valence-corrected chi connectivity index (χ1v) is 10.3. The second kappa shape index (κ2) is 8.07. The summed E-state index contributed by atoms with van der Waals surface area (Å²) in [5, 5.41) is 5.22. The van der Waals surface area contributed by atoms with Crippen LogP contribution in [0.4, 0.5) is 5.69 Å². The molecule has 1 aromatic heterocycles. The summed E-state index contributed by atoms with van der Waals surface area (Å²) in [5.41, 5.74) is 3.29. The third-order valence-corrected chi connectivity index (χ3v) is 6.21. The average Bonchev–Trinajstić information content (AvgIpc) is 3.33. The van der Waals surface area contributed by atoms with Gasteiger partial charge >= 0.3 is 0 Å². The molecule has 1 N–H and O–H groups in total. The van der Waals surface area contributed by atoms with E-state index in [0.29, 0.717) is 6.54 Å². The fraction of sp³-hybridized carbons (Fsp3) is 0.261. The third-order valence-electron chi connectivity index (χ3n) is 5.34. The Hall–Kier alpha value is -2.79. The van der Waals surface area contributed by atoms with Crippen molar-refractivity contribution in [2.24, 2.45) is 0 Å². The van der Waals surface area contributed by atoms with Crippen LogP contribution in [0, 0.1) is 0 Å². The van der Waals surface area contributed by atoms with E-state index in [1.54, 1.807) is 18.4 Å². The van der Waals surface area contributed by atoms with Crippen LogP contribution in [-0.4, -0.2) is 19.1 Å². The molecular formula is C23H24N2O2S. The SMILES string of the molecule is COc1cccc(CNC(=O)C2c3ccccc3N(Cc3cccs3)C2C)c1. The Bertz CT molecular complexity index is 955. The molecule has 28 heavy (non-hydrogen) atoms. The molecule has 2 atom stereocenters. The number of nitrogens with one attached hydrogen (secondary N) is 1. The highest BCUT2D eigenvalue weighted by atomic mass is 32.1. The van der Waals surface area contributed by atoms with Crippen LogP contribution in [0.3, 0.4) is 0 Å². The normalized spacial score (nSPS) is 18.0. The molecule has 0 bridgehead atoms. The Balaban J connectivity index is 1.52. The van der Waals surface area contributed by atoms with E-state index in [1.165, 1.54) is 4.88 Å². The van der Waals surface area contributed by atoms with Gasteiger partial charge in [-0.15, -0.1) is 11.3 Å². The molecule has 4 rings (SSSR count). The molecule has 2 heterocycles. The van der Waals surface area contributed by atoms with E-state index in [9.17, 15) is 4.79 Å². The number of hydrogen-bond donors (Lipinski definition) is 1. The minimum absolute atomic E-state index is 0.0662. The highest BCUT2D eigenvalue weighted by Gasteiger charge is 2.39. The second-order valence-electron chi connectivity index (χ2n) is 7.05. The van der Waals surface area contributed by atoms with Gasteiger partial charge in [-0.3, -0.25) is 4.79 Å². The number of methoxy groups -OCH3 is 1. The number of benzene rings is 2. The second-order valence-corrected chi connectivity index (χ2v) is 8.09. The molecule has 0 radical (unpaired) electrons. The van der Waals surface area contributed by atoms with Crippen LogP contribution in [-0.2, 0) is 17.9 Å². The Morgan fingerprint density at radius 2 is 2.00 bits per heavy atom. The molecule has 5 heteroatoms. The van der Waals surface area contributed by atoms with E-state index in [1.807, 2.05) is 36.4 Å². The number of carbonyl (C=O) groups excluding carboxylic acids is 1. The van der Waals surface area contributed by atoms with Crippen molar-refractivity contribution in [1.29, 1.82) is 0 Å². The number of anilines is 1. The molecule has 1 aliphatic heterocycles. The fourth-order valence-electron chi connectivity index (χ4n) is 3.91. The number of thiophene rings is 1. The van der Waals surface area contributed by atoms with Crippen molar-refractivity contribution in [3.8, 4) is 5.75 Å². The zero-order valence-corrected chi connectivity index (χ0v) is 16.9. The highest BCUT2D eigenvalue weighted by Crippen LogP contribution is 2.42. The largest absolute Gasteiger partial charge is 0.497 e. The zero-order valence-electron chi connectivity index (χ0n) is 16.1. The summed E-state index contributed by atoms with van der Waals surface area (Å²) in [6.07, 6.45) is 0. The van der Waals surface area contributed by atoms with E-state index < -0.39 is 0 Å². The molecule has 4 nitrogen and oxygen atoms in total. The summed E-state index contributed by atoms with van der Waals surface area (Å²) < 4.78 is 5.27. The number of hydrogen-bond acceptors (Lipinski definition) is 4. The van der Waals surface area contributed by atoms with Crippen LogP contribution in [0.5, 0.6) is 5.75 Å². The van der Waals surface area contributed by atoms with Crippen molar-refractivity contribution in [3.05, 3.63) is 82.0 Å². The van der Waals surface area contributed by atoms with Gasteiger partial charge in [-0.2, -0.15) is 0 Å². The molecule has 1 amide bonds. The first-order chi connectivity index (χ1) is 13.7. The molecule has 0 saturated heterocycles. The number of carbonyl (C=O) groups is 1. The highest BCUT2D eigenvalue weighted by molar-refractivity contribution is 7.09. The van der Waals surface area contributed by atoms with Crippen molar-refractivity contribution in [2.75, 3.05) is 12.0 Å². The van der Waals surface area contributed by atoms with Gasteiger partial charge in [0.1, 0.15) is 5.75 Å². The minimum atomic E-state index is -0.179. The molecule has 2 unspecified atom stereocenters. The lowest BCUT2D eigenvalue weighted by molar-refractivity contribution is -0.122. The number of para-hydroxylation sites is 1. The molecule has 0 spiro atoms. The Morgan fingerprint density at radius 3 is 2.79 bits per heavy atom. The van der Waals surface area contributed by atoms with E-state index >= 15 is 0 Å². The Kier molecular flexibility index (Phi) is 5.35. The van der Waals surface area contributed by atoms with Crippen molar-refractivity contribution in [2.45, 2.75) is 32.0 Å². The molecule has 1 aliphatic rings. The van der Waals surface area contributed by atoms with Crippen molar-refractivity contribution >= 4 is 22.9 Å². The van der Waals surface area contributed by atoms with Gasteiger partial charge in [-0.05, 0) is 47.7 Å². The van der Waals surface area contributed by atoms with E-state index in [-0.39, 0.29) is 17.9 Å². The van der Waals surface area contributed by atoms with E-state index in [4.69, 9.17) is 4.74 Å². The van der Waals surface area contributed by atoms with Gasteiger partial charge < -0.3 is 15.0 Å². The first-order valence-electron chi connectivity index (χ1n) is 9.46. The van der Waals surface area contributed by atoms with Crippen LogP contribution in [0.25, 0.3) is 0 Å². The number of ether oxygens (including phenoxy) is 1. The smallest absolute Gasteiger partial charge is 0.229 e. The van der Waals surface area contributed by atoms with Gasteiger partial charge in [0.2, 0.25) is 5.91 Å². The molecule has 0 aliphatic carbocycles. The standard InChI is InChI=1S/C23H24N2O2S/c1-16-22(23(26)24-14-17-7-5-8-18(13-17)27-2)20-10-3-4-11-21(20)25(16)15-19-9-6-12-28-19/h3-13,16,22H,14-15H2,1-2H3,(H,24,26). The third kappa shape index (κ3) is 3.62. The maximum Gasteiger partial charge on any atom is 0.229 e. The van der Waals surface area contributed by atoms with Gasteiger partial charge in [0.15, 0.2) is 0 Å². The predicted molar refractivity (Wildman–Crippen MR) is 114 cm³/mol. The van der Waals surface area contributed by atoms with Crippen LogP contribution in [0.15, 0.2) is 66.0 Å². The van der Waals surface area contributed by atoms with Crippen LogP contribution < -0.4 is 15.0 Å². The fourth-order valence-corrected chi connectivity index (χ4v) is 4.62. The quantitative estimate of drug-likeness (QED) is 0.668. The lowest BCUT2D eigenvalue weighted by atomic mass is 9.95. The zero-order chi connectivity index (χ0) is 19.5. The Morgan fingerprint density at radius 1 is 1.14 bits per heavy atom. The molecule has 0 fully saturated rings. The number of nitrogens with zero attached hydrogens (tertiary/aromatic N) is 1. The number of rotatable bonds is 6. The summed E-state index contributed by atoms with van der Waals surface area (Å²) in [4.78, 5) is 16.8. The van der Waals surface area contributed by atoms with Crippen LogP contribution in [0.1, 0.15) is 28.8 Å².